The van der Waals surface area contributed by atoms with E-state index in [0.717, 1.165) is 19.6 Å². The highest BCUT2D eigenvalue weighted by molar-refractivity contribution is 5.70. The molecule has 3 N–H and O–H groups in total. The summed E-state index contributed by atoms with van der Waals surface area (Å²) in [4.78, 5) is 15.9. The summed E-state index contributed by atoms with van der Waals surface area (Å²) in [5.74, 6) is 0. The number of nitrogens with zero attached hydrogens (tertiary/aromatic N) is 2. The van der Waals surface area contributed by atoms with Gasteiger partial charge in [0.05, 0.1) is 11.1 Å². The first-order chi connectivity index (χ1) is 9.59. The highest BCUT2D eigenvalue weighted by Crippen LogP contribution is 2.38. The fourth-order valence-corrected chi connectivity index (χ4v) is 3.12. The molecule has 2 heterocycles. The van der Waals surface area contributed by atoms with Crippen molar-refractivity contribution in [1.82, 2.24) is 9.80 Å². The lowest BCUT2D eigenvalue weighted by Crippen LogP contribution is -2.79. The largest absolute Gasteiger partial charge is 0.444 e. The molecule has 0 aromatic rings. The number of amides is 1. The fraction of sp³-hybridized carbons (Fsp3) is 0.933. The second-order valence-corrected chi connectivity index (χ2v) is 7.46. The standard InChI is InChI=1S/C15H29N3O3/c1-5-17-8-6-15(20,7-9-17)14(16)10-18(11-14)12(19)21-13(2,3)4/h20H,5-11,16H2,1-4H3. The first-order valence-corrected chi connectivity index (χ1v) is 7.80. The van der Waals surface area contributed by atoms with Gasteiger partial charge in [0.15, 0.2) is 0 Å². The van der Waals surface area contributed by atoms with Crippen LogP contribution in [-0.2, 0) is 4.74 Å². The molecule has 6 nitrogen and oxygen atoms in total. The van der Waals surface area contributed by atoms with E-state index in [9.17, 15) is 9.90 Å². The summed E-state index contributed by atoms with van der Waals surface area (Å²) < 4.78 is 5.33. The van der Waals surface area contributed by atoms with Crippen molar-refractivity contribution in [2.24, 2.45) is 5.73 Å². The molecule has 2 saturated heterocycles. The van der Waals surface area contributed by atoms with Gasteiger partial charge in [0, 0.05) is 26.2 Å². The molecule has 21 heavy (non-hydrogen) atoms. The van der Waals surface area contributed by atoms with Gasteiger partial charge in [-0.3, -0.25) is 0 Å². The Morgan fingerprint density at radius 1 is 1.29 bits per heavy atom. The lowest BCUT2D eigenvalue weighted by Gasteiger charge is -2.57. The zero-order valence-electron chi connectivity index (χ0n) is 13.7. The first-order valence-electron chi connectivity index (χ1n) is 7.80. The van der Waals surface area contributed by atoms with Gasteiger partial charge in [-0.15, -0.1) is 0 Å². The van der Waals surface area contributed by atoms with Crippen molar-refractivity contribution >= 4 is 6.09 Å². The number of carbonyl (C=O) groups is 1. The molecule has 2 fully saturated rings. The number of piperidine rings is 1. The highest BCUT2D eigenvalue weighted by Gasteiger charge is 2.57. The summed E-state index contributed by atoms with van der Waals surface area (Å²) in [5, 5.41) is 10.9. The maximum atomic E-state index is 12.0. The van der Waals surface area contributed by atoms with Gasteiger partial charge < -0.3 is 25.4 Å². The lowest BCUT2D eigenvalue weighted by atomic mass is 9.69. The summed E-state index contributed by atoms with van der Waals surface area (Å²) >= 11 is 0. The summed E-state index contributed by atoms with van der Waals surface area (Å²) in [5.41, 5.74) is 4.28. The number of rotatable bonds is 2. The van der Waals surface area contributed by atoms with Crippen molar-refractivity contribution in [2.45, 2.75) is 57.3 Å². The Bertz CT molecular complexity index is 391. The molecule has 0 saturated carbocycles. The molecule has 2 rings (SSSR count). The van der Waals surface area contributed by atoms with Crippen molar-refractivity contribution < 1.29 is 14.6 Å². The van der Waals surface area contributed by atoms with Crippen LogP contribution >= 0.6 is 0 Å². The van der Waals surface area contributed by atoms with Gasteiger partial charge in [-0.1, -0.05) is 6.92 Å². The van der Waals surface area contributed by atoms with E-state index in [0.29, 0.717) is 25.9 Å². The molecule has 0 radical (unpaired) electrons. The summed E-state index contributed by atoms with van der Waals surface area (Å²) in [6.07, 6.45) is 0.983. The van der Waals surface area contributed by atoms with E-state index in [-0.39, 0.29) is 6.09 Å². The molecule has 122 valence electrons. The number of aliphatic hydroxyl groups is 1. The third-order valence-electron chi connectivity index (χ3n) is 4.65. The van der Waals surface area contributed by atoms with Crippen LogP contribution in [0, 0.1) is 0 Å². The Kier molecular flexibility index (Phi) is 4.26. The van der Waals surface area contributed by atoms with Crippen molar-refractivity contribution in [3.63, 3.8) is 0 Å². The molecule has 0 bridgehead atoms. The third-order valence-corrected chi connectivity index (χ3v) is 4.65. The Morgan fingerprint density at radius 2 is 1.81 bits per heavy atom. The maximum absolute atomic E-state index is 12.0. The van der Waals surface area contributed by atoms with Crippen LogP contribution in [0.4, 0.5) is 4.79 Å². The zero-order valence-corrected chi connectivity index (χ0v) is 13.7. The zero-order chi connectivity index (χ0) is 15.9. The molecule has 0 unspecified atom stereocenters. The average Bonchev–Trinajstić information content (AvgIpc) is 2.33. The molecule has 0 aromatic heterocycles. The van der Waals surface area contributed by atoms with Crippen LogP contribution in [0.25, 0.3) is 0 Å². The molecule has 0 aliphatic carbocycles. The molecule has 0 aromatic carbocycles. The average molecular weight is 299 g/mol. The molecule has 2 aliphatic heterocycles. The monoisotopic (exact) mass is 299 g/mol. The minimum atomic E-state index is -0.878. The van der Waals surface area contributed by atoms with E-state index in [1.54, 1.807) is 4.90 Å². The summed E-state index contributed by atoms with van der Waals surface area (Å²) in [6, 6.07) is 0. The maximum Gasteiger partial charge on any atom is 0.410 e. The molecule has 6 heteroatoms. The fourth-order valence-electron chi connectivity index (χ4n) is 3.12. The summed E-state index contributed by atoms with van der Waals surface area (Å²) in [7, 11) is 0. The van der Waals surface area contributed by atoms with Crippen LogP contribution in [0.1, 0.15) is 40.5 Å². The number of ether oxygens (including phenoxy) is 1. The number of nitrogens with two attached hydrogens (primary N) is 1. The third kappa shape index (κ3) is 3.33. The highest BCUT2D eigenvalue weighted by atomic mass is 16.6. The minimum absolute atomic E-state index is 0.349. The van der Waals surface area contributed by atoms with Crippen molar-refractivity contribution in [1.29, 1.82) is 0 Å². The quantitative estimate of drug-likeness (QED) is 0.788. The van der Waals surface area contributed by atoms with Gasteiger partial charge in [0.2, 0.25) is 0 Å². The van der Waals surface area contributed by atoms with Crippen LogP contribution < -0.4 is 5.73 Å². The molecule has 2 aliphatic rings. The normalized spacial score (nSPS) is 25.3. The van der Waals surface area contributed by atoms with E-state index in [2.05, 4.69) is 11.8 Å². The molecule has 0 atom stereocenters. The lowest BCUT2D eigenvalue weighted by molar-refractivity contribution is -0.130. The molecular weight excluding hydrogens is 270 g/mol. The minimum Gasteiger partial charge on any atom is -0.444 e. The van der Waals surface area contributed by atoms with Gasteiger partial charge in [-0.2, -0.15) is 0 Å². The van der Waals surface area contributed by atoms with Crippen LogP contribution in [-0.4, -0.2) is 70.5 Å². The van der Waals surface area contributed by atoms with Crippen LogP contribution in [0.5, 0.6) is 0 Å². The molecule has 1 amide bonds. The Balaban J connectivity index is 1.90. The Hall–Kier alpha value is -0.850. The van der Waals surface area contributed by atoms with Crippen molar-refractivity contribution in [3.8, 4) is 0 Å². The Morgan fingerprint density at radius 3 is 2.24 bits per heavy atom. The number of carbonyl (C=O) groups excluding carboxylic acids is 1. The van der Waals surface area contributed by atoms with Gasteiger partial charge in [-0.05, 0) is 40.2 Å². The smallest absolute Gasteiger partial charge is 0.410 e. The van der Waals surface area contributed by atoms with Gasteiger partial charge in [-0.25, -0.2) is 4.79 Å². The SMILES string of the molecule is CCN1CCC(O)(C2(N)CN(C(=O)OC(C)(C)C)C2)CC1. The summed E-state index contributed by atoms with van der Waals surface area (Å²) in [6.45, 7) is 11.1. The number of hydrogen-bond donors (Lipinski definition) is 2. The van der Waals surface area contributed by atoms with Gasteiger partial charge in [0.1, 0.15) is 5.60 Å². The van der Waals surface area contributed by atoms with Crippen molar-refractivity contribution in [3.05, 3.63) is 0 Å². The van der Waals surface area contributed by atoms with Crippen molar-refractivity contribution in [2.75, 3.05) is 32.7 Å². The predicted octanol–water partition coefficient (Wildman–Crippen LogP) is 0.781. The van der Waals surface area contributed by atoms with Gasteiger partial charge in [0.25, 0.3) is 0 Å². The Labute approximate surface area is 127 Å². The predicted molar refractivity (Wildman–Crippen MR) is 81.0 cm³/mol. The first kappa shape index (κ1) is 16.5. The second kappa shape index (κ2) is 5.41. The van der Waals surface area contributed by atoms with E-state index in [1.807, 2.05) is 20.8 Å². The van der Waals surface area contributed by atoms with E-state index < -0.39 is 16.7 Å². The van der Waals surface area contributed by atoms with E-state index in [4.69, 9.17) is 10.5 Å². The number of hydrogen-bond acceptors (Lipinski definition) is 5. The topological polar surface area (TPSA) is 79.0 Å². The van der Waals surface area contributed by atoms with Crippen LogP contribution in [0.15, 0.2) is 0 Å². The van der Waals surface area contributed by atoms with E-state index >= 15 is 0 Å². The van der Waals surface area contributed by atoms with Gasteiger partial charge >= 0.3 is 6.09 Å². The second-order valence-electron chi connectivity index (χ2n) is 7.46. The number of likely N-dealkylation sites (tertiary alicyclic amines) is 2. The van der Waals surface area contributed by atoms with Crippen LogP contribution in [0.3, 0.4) is 0 Å². The molecule has 0 spiro atoms. The van der Waals surface area contributed by atoms with E-state index in [1.165, 1.54) is 0 Å². The molecular formula is C15H29N3O3. The van der Waals surface area contributed by atoms with Crippen LogP contribution in [0.2, 0.25) is 0 Å².